The van der Waals surface area contributed by atoms with E-state index in [2.05, 4.69) is 10.6 Å². The lowest BCUT2D eigenvalue weighted by atomic mass is 9.93. The Morgan fingerprint density at radius 3 is 2.36 bits per heavy atom. The molecule has 2 aromatic heterocycles. The number of carbonyl (C=O) groups excluding carboxylic acids is 1. The molecule has 0 saturated heterocycles. The number of benzene rings is 2. The predicted octanol–water partition coefficient (Wildman–Crippen LogP) is 3.89. The molecule has 182 valence electrons. The lowest BCUT2D eigenvalue weighted by molar-refractivity contribution is -0.138. The van der Waals surface area contributed by atoms with Crippen LogP contribution in [0.5, 0.6) is 0 Å². The second-order valence-corrected chi connectivity index (χ2v) is 9.74. The topological polar surface area (TPSA) is 65.6 Å². The molecule has 3 heterocycles. The fraction of sp³-hybridized carbons (Fsp3) is 0.207. The zero-order valence-corrected chi connectivity index (χ0v) is 21.5. The summed E-state index contributed by atoms with van der Waals surface area (Å²) in [4.78, 5) is 32.7. The summed E-state index contributed by atoms with van der Waals surface area (Å²) < 4.78 is 9.80. The van der Waals surface area contributed by atoms with Crippen LogP contribution in [0.15, 0.2) is 82.1 Å². The summed E-state index contributed by atoms with van der Waals surface area (Å²) in [6, 6.07) is 20.6. The zero-order valence-electron chi connectivity index (χ0n) is 20.7. The number of aromatic nitrogens is 2. The maximum Gasteiger partial charge on any atom is 0.338 e. The molecular formula is C29H27N3O3S. The highest BCUT2D eigenvalue weighted by atomic mass is 32.1. The van der Waals surface area contributed by atoms with Crippen molar-refractivity contribution in [3.05, 3.63) is 120 Å². The van der Waals surface area contributed by atoms with Crippen LogP contribution < -0.4 is 14.9 Å². The van der Waals surface area contributed by atoms with Crippen molar-refractivity contribution in [3.8, 4) is 0 Å². The lowest BCUT2D eigenvalue weighted by Crippen LogP contribution is -2.40. The molecule has 1 aliphatic rings. The minimum absolute atomic E-state index is 0.178. The monoisotopic (exact) mass is 497 g/mol. The second-order valence-electron chi connectivity index (χ2n) is 8.73. The average Bonchev–Trinajstić information content (AvgIpc) is 3.34. The normalized spacial score (nSPS) is 15.6. The van der Waals surface area contributed by atoms with Crippen molar-refractivity contribution in [2.45, 2.75) is 26.8 Å². The van der Waals surface area contributed by atoms with Crippen molar-refractivity contribution in [1.82, 2.24) is 9.13 Å². The van der Waals surface area contributed by atoms with Crippen LogP contribution in [-0.2, 0) is 16.6 Å². The van der Waals surface area contributed by atoms with E-state index >= 15 is 0 Å². The molecule has 0 spiro atoms. The average molecular weight is 498 g/mol. The number of ether oxygens (including phenoxy) is 1. The lowest BCUT2D eigenvalue weighted by Gasteiger charge is -2.25. The van der Waals surface area contributed by atoms with Crippen molar-refractivity contribution >= 4 is 29.1 Å². The predicted molar refractivity (Wildman–Crippen MR) is 142 cm³/mol. The smallest absolute Gasteiger partial charge is 0.338 e. The molecular weight excluding hydrogens is 470 g/mol. The van der Waals surface area contributed by atoms with Crippen molar-refractivity contribution < 1.29 is 9.53 Å². The maximum atomic E-state index is 13.9. The van der Waals surface area contributed by atoms with Crippen LogP contribution >= 0.6 is 11.3 Å². The Morgan fingerprint density at radius 1 is 1.08 bits per heavy atom. The second kappa shape index (κ2) is 9.59. The van der Waals surface area contributed by atoms with Gasteiger partial charge in [0, 0.05) is 24.0 Å². The summed E-state index contributed by atoms with van der Waals surface area (Å²) in [5.74, 6) is -0.474. The van der Waals surface area contributed by atoms with E-state index in [-0.39, 0.29) is 12.2 Å². The fourth-order valence-electron chi connectivity index (χ4n) is 4.56. The van der Waals surface area contributed by atoms with E-state index in [1.807, 2.05) is 87.6 Å². The van der Waals surface area contributed by atoms with Crippen molar-refractivity contribution in [1.29, 1.82) is 0 Å². The molecule has 7 heteroatoms. The van der Waals surface area contributed by atoms with Crippen LogP contribution in [0.4, 0.5) is 0 Å². The van der Waals surface area contributed by atoms with Crippen LogP contribution in [0.3, 0.4) is 0 Å². The molecule has 0 amide bonds. The van der Waals surface area contributed by atoms with E-state index in [1.165, 1.54) is 11.3 Å². The maximum absolute atomic E-state index is 13.9. The largest absolute Gasteiger partial charge is 0.463 e. The number of hydrogen-bond acceptors (Lipinski definition) is 5. The van der Waals surface area contributed by atoms with E-state index in [1.54, 1.807) is 11.5 Å². The van der Waals surface area contributed by atoms with Gasteiger partial charge in [-0.3, -0.25) is 9.36 Å². The third-order valence-electron chi connectivity index (χ3n) is 6.59. The van der Waals surface area contributed by atoms with Gasteiger partial charge in [0.2, 0.25) is 0 Å². The summed E-state index contributed by atoms with van der Waals surface area (Å²) in [6.45, 7) is 6.08. The van der Waals surface area contributed by atoms with Gasteiger partial charge in [0.1, 0.15) is 0 Å². The van der Waals surface area contributed by atoms with Gasteiger partial charge in [0.25, 0.3) is 5.56 Å². The van der Waals surface area contributed by atoms with Gasteiger partial charge < -0.3 is 9.30 Å². The molecule has 1 atom stereocenters. The van der Waals surface area contributed by atoms with E-state index in [9.17, 15) is 9.59 Å². The molecule has 2 aromatic carbocycles. The SMILES string of the molecule is CCOC(=O)C1=C(c2ccccc2)N=c2sc(=Cc3cc(C)n(C)c3C)c(=O)n2[C@H]1c1ccccc1. The standard InChI is InChI=1S/C29H27N3O3S/c1-5-35-28(34)24-25(20-12-8-6-9-13-20)30-29-32(26(24)21-14-10-7-11-15-21)27(33)23(36-29)17-22-16-18(2)31(4)19(22)3/h6-17,26H,5H2,1-4H3/t26-/m0/s1. The third kappa shape index (κ3) is 4.05. The fourth-order valence-corrected chi connectivity index (χ4v) is 5.55. The van der Waals surface area contributed by atoms with E-state index in [0.717, 1.165) is 28.1 Å². The molecule has 0 saturated carbocycles. The molecule has 1 aliphatic heterocycles. The Morgan fingerprint density at radius 2 is 1.75 bits per heavy atom. The van der Waals surface area contributed by atoms with Gasteiger partial charge in [-0.15, -0.1) is 0 Å². The van der Waals surface area contributed by atoms with E-state index < -0.39 is 12.0 Å². The number of esters is 1. The molecule has 4 aromatic rings. The van der Waals surface area contributed by atoms with Crippen LogP contribution in [0, 0.1) is 13.8 Å². The Hall–Kier alpha value is -3.97. The van der Waals surface area contributed by atoms with Gasteiger partial charge in [-0.1, -0.05) is 72.0 Å². The highest BCUT2D eigenvalue weighted by molar-refractivity contribution is 7.07. The molecule has 5 rings (SSSR count). The number of carbonyl (C=O) groups is 1. The molecule has 6 nitrogen and oxygen atoms in total. The number of hydrogen-bond donors (Lipinski definition) is 0. The van der Waals surface area contributed by atoms with Gasteiger partial charge in [0.05, 0.1) is 28.5 Å². The Bertz CT molecular complexity index is 1660. The number of fused-ring (bicyclic) bond motifs is 1. The molecule has 36 heavy (non-hydrogen) atoms. The minimum atomic E-state index is -0.655. The number of thiazole rings is 1. The third-order valence-corrected chi connectivity index (χ3v) is 7.57. The first kappa shape index (κ1) is 23.8. The summed E-state index contributed by atoms with van der Waals surface area (Å²) >= 11 is 1.34. The molecule has 0 aliphatic carbocycles. The highest BCUT2D eigenvalue weighted by Gasteiger charge is 2.35. The molecule has 0 radical (unpaired) electrons. The first-order valence-electron chi connectivity index (χ1n) is 11.9. The van der Waals surface area contributed by atoms with Gasteiger partial charge >= 0.3 is 5.97 Å². The van der Waals surface area contributed by atoms with Crippen LogP contribution in [0.25, 0.3) is 11.8 Å². The molecule has 0 bridgehead atoms. The van der Waals surface area contributed by atoms with Crippen molar-refractivity contribution in [2.24, 2.45) is 12.0 Å². The number of aryl methyl sites for hydroxylation is 1. The van der Waals surface area contributed by atoms with Gasteiger partial charge in [-0.05, 0) is 44.0 Å². The molecule has 0 fully saturated rings. The first-order valence-corrected chi connectivity index (χ1v) is 12.7. The van der Waals surface area contributed by atoms with Gasteiger partial charge in [0.15, 0.2) is 4.80 Å². The van der Waals surface area contributed by atoms with E-state index in [4.69, 9.17) is 9.73 Å². The summed E-state index contributed by atoms with van der Waals surface area (Å²) in [6.07, 6.45) is 1.92. The Balaban J connectivity index is 1.84. The summed E-state index contributed by atoms with van der Waals surface area (Å²) in [5, 5.41) is 0. The molecule has 0 N–H and O–H groups in total. The molecule has 0 unspecified atom stereocenters. The van der Waals surface area contributed by atoms with Crippen LogP contribution in [0.1, 0.15) is 41.0 Å². The van der Waals surface area contributed by atoms with Crippen LogP contribution in [-0.4, -0.2) is 21.7 Å². The summed E-state index contributed by atoms with van der Waals surface area (Å²) in [5.41, 5.74) is 5.52. The van der Waals surface area contributed by atoms with Crippen LogP contribution in [0.2, 0.25) is 0 Å². The zero-order chi connectivity index (χ0) is 25.4. The van der Waals surface area contributed by atoms with Crippen molar-refractivity contribution in [2.75, 3.05) is 6.61 Å². The van der Waals surface area contributed by atoms with E-state index in [0.29, 0.717) is 20.6 Å². The minimum Gasteiger partial charge on any atom is -0.463 e. The van der Waals surface area contributed by atoms with Gasteiger partial charge in [-0.25, -0.2) is 9.79 Å². The Kier molecular flexibility index (Phi) is 6.33. The Labute approximate surface area is 213 Å². The van der Waals surface area contributed by atoms with Gasteiger partial charge in [-0.2, -0.15) is 0 Å². The first-order chi connectivity index (χ1) is 17.4. The highest BCUT2D eigenvalue weighted by Crippen LogP contribution is 2.35. The number of nitrogens with zero attached hydrogens (tertiary/aromatic N) is 3. The number of rotatable bonds is 5. The summed E-state index contributed by atoms with van der Waals surface area (Å²) in [7, 11) is 2.01. The van der Waals surface area contributed by atoms with Crippen molar-refractivity contribution in [3.63, 3.8) is 0 Å². The quantitative estimate of drug-likeness (QED) is 0.393.